The van der Waals surface area contributed by atoms with E-state index in [2.05, 4.69) is 4.99 Å². The molecular weight excluding hydrogens is 88.1 g/mol. The highest BCUT2D eigenvalue weighted by Gasteiger charge is 1.94. The van der Waals surface area contributed by atoms with Crippen molar-refractivity contribution in [1.82, 2.24) is 0 Å². The van der Waals surface area contributed by atoms with Gasteiger partial charge in [0, 0.05) is 12.3 Å². The van der Waals surface area contributed by atoms with Gasteiger partial charge in [0.15, 0.2) is 0 Å². The van der Waals surface area contributed by atoms with Gasteiger partial charge in [-0.1, -0.05) is 6.08 Å². The van der Waals surface area contributed by atoms with E-state index in [0.717, 1.165) is 6.54 Å². The molecule has 2 N–H and O–H groups in total. The summed E-state index contributed by atoms with van der Waals surface area (Å²) in [5.74, 6) is 0. The minimum atomic E-state index is 0.157. The molecule has 0 aliphatic carbocycles. The zero-order valence-electron chi connectivity index (χ0n) is 4.04. The molecule has 1 aliphatic heterocycles. The summed E-state index contributed by atoms with van der Waals surface area (Å²) in [6, 6.07) is 0.157. The van der Waals surface area contributed by atoms with E-state index in [-0.39, 0.29) is 6.04 Å². The zero-order chi connectivity index (χ0) is 5.11. The molecule has 7 heavy (non-hydrogen) atoms. The van der Waals surface area contributed by atoms with Crippen LogP contribution in [0.1, 0.15) is 0 Å². The molecule has 0 unspecified atom stereocenters. The second-order valence-corrected chi connectivity index (χ2v) is 1.56. The minimum Gasteiger partial charge on any atom is -0.323 e. The van der Waals surface area contributed by atoms with Crippen LogP contribution in [0.5, 0.6) is 0 Å². The SMILES string of the molecule is N[C@H]1C=CC=NC1. The molecule has 2 heteroatoms. The van der Waals surface area contributed by atoms with Crippen molar-refractivity contribution in [2.24, 2.45) is 10.7 Å². The first-order valence-electron chi connectivity index (χ1n) is 2.32. The number of hydrogen-bond donors (Lipinski definition) is 1. The smallest absolute Gasteiger partial charge is 0.0576 e. The molecule has 2 nitrogen and oxygen atoms in total. The van der Waals surface area contributed by atoms with Gasteiger partial charge < -0.3 is 5.73 Å². The molecular formula is C5H8N2. The highest BCUT2D eigenvalue weighted by atomic mass is 14.8. The molecule has 1 aliphatic rings. The van der Waals surface area contributed by atoms with E-state index < -0.39 is 0 Å². The fourth-order valence-corrected chi connectivity index (χ4v) is 0.497. The first kappa shape index (κ1) is 4.53. The molecule has 0 saturated carbocycles. The summed E-state index contributed by atoms with van der Waals surface area (Å²) in [6.07, 6.45) is 5.57. The van der Waals surface area contributed by atoms with Gasteiger partial charge in [-0.15, -0.1) is 0 Å². The molecule has 0 saturated heterocycles. The lowest BCUT2D eigenvalue weighted by molar-refractivity contribution is 0.820. The number of dihydropyridines is 1. The number of nitrogens with two attached hydrogens (primary N) is 1. The largest absolute Gasteiger partial charge is 0.323 e. The van der Waals surface area contributed by atoms with Crippen molar-refractivity contribution in [2.75, 3.05) is 6.54 Å². The van der Waals surface area contributed by atoms with Crippen LogP contribution >= 0.6 is 0 Å². The third-order valence-corrected chi connectivity index (χ3v) is 0.866. The van der Waals surface area contributed by atoms with Gasteiger partial charge in [0.1, 0.15) is 0 Å². The molecule has 0 bridgehead atoms. The lowest BCUT2D eigenvalue weighted by Crippen LogP contribution is -2.21. The van der Waals surface area contributed by atoms with Gasteiger partial charge in [0.05, 0.1) is 6.54 Å². The number of nitrogens with zero attached hydrogens (tertiary/aromatic N) is 1. The quantitative estimate of drug-likeness (QED) is 0.451. The van der Waals surface area contributed by atoms with Crippen molar-refractivity contribution >= 4 is 6.21 Å². The van der Waals surface area contributed by atoms with Gasteiger partial charge in [-0.25, -0.2) is 0 Å². The molecule has 1 atom stereocenters. The molecule has 1 heterocycles. The van der Waals surface area contributed by atoms with Gasteiger partial charge in [-0.2, -0.15) is 0 Å². The molecule has 38 valence electrons. The lowest BCUT2D eigenvalue weighted by atomic mass is 10.2. The third kappa shape index (κ3) is 1.12. The Kier molecular flexibility index (Phi) is 1.22. The van der Waals surface area contributed by atoms with Crippen molar-refractivity contribution < 1.29 is 0 Å². The standard InChI is InChI=1S/C5H8N2/c6-5-2-1-3-7-4-5/h1-3,5H,4,6H2/t5-/m0/s1. The van der Waals surface area contributed by atoms with E-state index >= 15 is 0 Å². The van der Waals surface area contributed by atoms with E-state index in [1.54, 1.807) is 6.21 Å². The van der Waals surface area contributed by atoms with Gasteiger partial charge in [-0.05, 0) is 6.08 Å². The van der Waals surface area contributed by atoms with Crippen LogP contribution in [-0.4, -0.2) is 18.8 Å². The summed E-state index contributed by atoms with van der Waals surface area (Å²) < 4.78 is 0. The highest BCUT2D eigenvalue weighted by Crippen LogP contribution is 1.87. The van der Waals surface area contributed by atoms with E-state index in [9.17, 15) is 0 Å². The molecule has 1 rings (SSSR count). The topological polar surface area (TPSA) is 38.4 Å². The minimum absolute atomic E-state index is 0.157. The van der Waals surface area contributed by atoms with Crippen LogP contribution in [0, 0.1) is 0 Å². The highest BCUT2D eigenvalue weighted by molar-refractivity contribution is 5.72. The summed E-state index contributed by atoms with van der Waals surface area (Å²) >= 11 is 0. The molecule has 0 fully saturated rings. The summed E-state index contributed by atoms with van der Waals surface area (Å²) in [6.45, 7) is 0.747. The molecule has 0 aromatic carbocycles. The van der Waals surface area contributed by atoms with Crippen LogP contribution in [0.25, 0.3) is 0 Å². The summed E-state index contributed by atoms with van der Waals surface area (Å²) in [5.41, 5.74) is 5.43. The number of allylic oxidation sites excluding steroid dienone is 1. The van der Waals surface area contributed by atoms with E-state index in [0.29, 0.717) is 0 Å². The molecule has 0 aromatic rings. The molecule has 0 amide bonds. The predicted octanol–water partition coefficient (Wildman–Crippen LogP) is -0.0457. The Balaban J connectivity index is 2.49. The van der Waals surface area contributed by atoms with Crippen LogP contribution in [0.2, 0.25) is 0 Å². The fourth-order valence-electron chi connectivity index (χ4n) is 0.497. The Morgan fingerprint density at radius 2 is 2.57 bits per heavy atom. The predicted molar refractivity (Wildman–Crippen MR) is 30.5 cm³/mol. The van der Waals surface area contributed by atoms with E-state index in [1.165, 1.54) is 0 Å². The summed E-state index contributed by atoms with van der Waals surface area (Å²) in [7, 11) is 0. The fraction of sp³-hybridized carbons (Fsp3) is 0.400. The Labute approximate surface area is 42.7 Å². The first-order valence-corrected chi connectivity index (χ1v) is 2.32. The van der Waals surface area contributed by atoms with Crippen LogP contribution in [-0.2, 0) is 0 Å². The van der Waals surface area contributed by atoms with Crippen molar-refractivity contribution in [3.8, 4) is 0 Å². The average molecular weight is 96.1 g/mol. The van der Waals surface area contributed by atoms with E-state index in [4.69, 9.17) is 5.73 Å². The monoisotopic (exact) mass is 96.1 g/mol. The number of hydrogen-bond acceptors (Lipinski definition) is 2. The Hall–Kier alpha value is -0.630. The molecule has 0 radical (unpaired) electrons. The van der Waals surface area contributed by atoms with E-state index in [1.807, 2.05) is 12.2 Å². The van der Waals surface area contributed by atoms with Crippen molar-refractivity contribution in [3.05, 3.63) is 12.2 Å². The lowest BCUT2D eigenvalue weighted by Gasteiger charge is -2.02. The van der Waals surface area contributed by atoms with Crippen LogP contribution in [0.15, 0.2) is 17.1 Å². The van der Waals surface area contributed by atoms with Crippen molar-refractivity contribution in [1.29, 1.82) is 0 Å². The second-order valence-electron chi connectivity index (χ2n) is 1.56. The van der Waals surface area contributed by atoms with Crippen LogP contribution < -0.4 is 5.73 Å². The number of rotatable bonds is 0. The van der Waals surface area contributed by atoms with Gasteiger partial charge in [-0.3, -0.25) is 4.99 Å². The normalized spacial score (nSPS) is 28.4. The molecule has 0 spiro atoms. The Bertz CT molecular complexity index is 105. The van der Waals surface area contributed by atoms with Crippen molar-refractivity contribution in [3.63, 3.8) is 0 Å². The third-order valence-electron chi connectivity index (χ3n) is 0.866. The Morgan fingerprint density at radius 3 is 2.86 bits per heavy atom. The summed E-state index contributed by atoms with van der Waals surface area (Å²) in [4.78, 5) is 3.92. The average Bonchev–Trinajstić information content (AvgIpc) is 1.69. The maximum Gasteiger partial charge on any atom is 0.0576 e. The number of aliphatic imine (C=N–C) groups is 1. The summed E-state index contributed by atoms with van der Waals surface area (Å²) in [5, 5.41) is 0. The molecule has 0 aromatic heterocycles. The van der Waals surface area contributed by atoms with Crippen LogP contribution in [0.4, 0.5) is 0 Å². The van der Waals surface area contributed by atoms with Crippen molar-refractivity contribution in [2.45, 2.75) is 6.04 Å². The Morgan fingerprint density at radius 1 is 1.71 bits per heavy atom. The van der Waals surface area contributed by atoms with Gasteiger partial charge in [0.25, 0.3) is 0 Å². The zero-order valence-corrected chi connectivity index (χ0v) is 4.04. The van der Waals surface area contributed by atoms with Gasteiger partial charge >= 0.3 is 0 Å². The second kappa shape index (κ2) is 1.89. The first-order chi connectivity index (χ1) is 3.39. The van der Waals surface area contributed by atoms with Gasteiger partial charge in [0.2, 0.25) is 0 Å². The van der Waals surface area contributed by atoms with Crippen LogP contribution in [0.3, 0.4) is 0 Å². The maximum atomic E-state index is 5.43. The maximum absolute atomic E-state index is 5.43.